The third kappa shape index (κ3) is 11.6. The summed E-state index contributed by atoms with van der Waals surface area (Å²) in [5.41, 5.74) is 5.95. The molecule has 0 spiro atoms. The van der Waals surface area contributed by atoms with Gasteiger partial charge in [-0.1, -0.05) is 110 Å². The van der Waals surface area contributed by atoms with Gasteiger partial charge in [0, 0.05) is 0 Å². The first kappa shape index (κ1) is 34.5. The van der Waals surface area contributed by atoms with E-state index in [2.05, 4.69) is 23.1 Å². The Morgan fingerprint density at radius 3 is 2.14 bits per heavy atom. The summed E-state index contributed by atoms with van der Waals surface area (Å²) in [6.07, 6.45) is 23.4. The fourth-order valence-corrected chi connectivity index (χ4v) is 6.44. The Bertz CT molecular complexity index is 1140. The van der Waals surface area contributed by atoms with Gasteiger partial charge in [-0.25, -0.2) is 14.1 Å². The smallest absolute Gasteiger partial charge is 0.382 e. The van der Waals surface area contributed by atoms with Crippen LogP contribution in [0.25, 0.3) is 5.52 Å². The number of hydrogen-bond donors (Lipinski definition) is 2. The number of rotatable bonds is 23. The summed E-state index contributed by atoms with van der Waals surface area (Å²) >= 11 is 0. The van der Waals surface area contributed by atoms with Gasteiger partial charge < -0.3 is 15.4 Å². The number of nitrogen functional groups attached to an aromatic ring is 1. The molecule has 11 heteroatoms. The lowest BCUT2D eigenvalue weighted by atomic mass is 10.0. The molecule has 0 aromatic carbocycles. The third-order valence-corrected chi connectivity index (χ3v) is 9.15. The molecule has 1 fully saturated rings. The van der Waals surface area contributed by atoms with Crippen molar-refractivity contribution in [1.29, 1.82) is 5.26 Å². The Kier molecular flexibility index (Phi) is 15.3. The average molecular weight is 606 g/mol. The van der Waals surface area contributed by atoms with E-state index in [1.807, 2.05) is 6.07 Å². The molecule has 0 radical (unpaired) electrons. The minimum absolute atomic E-state index is 0.146. The quantitative estimate of drug-likeness (QED) is 0.0945. The highest BCUT2D eigenvalue weighted by molar-refractivity contribution is 7.47. The first-order valence-corrected chi connectivity index (χ1v) is 17.7. The number of hydrogen-bond acceptors (Lipinski definition) is 8. The zero-order chi connectivity index (χ0) is 30.1. The number of phosphoric acid groups is 1. The van der Waals surface area contributed by atoms with E-state index < -0.39 is 19.5 Å². The highest BCUT2D eigenvalue weighted by Crippen LogP contribution is 2.47. The molecule has 1 saturated heterocycles. The van der Waals surface area contributed by atoms with Gasteiger partial charge in [-0.05, 0) is 31.4 Å². The average Bonchev–Trinajstić information content (AvgIpc) is 3.61. The van der Waals surface area contributed by atoms with Crippen molar-refractivity contribution in [3.8, 4) is 6.07 Å². The maximum absolute atomic E-state index is 12.4. The molecule has 3 heterocycles. The number of nitrogens with zero attached hydrogens (tertiary/aromatic N) is 4. The zero-order valence-electron chi connectivity index (χ0n) is 25.6. The summed E-state index contributed by atoms with van der Waals surface area (Å²) in [5, 5.41) is 14.0. The Balaban J connectivity index is 1.20. The van der Waals surface area contributed by atoms with Crippen LogP contribution in [0.4, 0.5) is 5.82 Å². The number of fused-ring (bicyclic) bond motifs is 1. The third-order valence-electron chi connectivity index (χ3n) is 8.19. The van der Waals surface area contributed by atoms with Crippen molar-refractivity contribution < 1.29 is 23.2 Å². The van der Waals surface area contributed by atoms with Crippen LogP contribution >= 0.6 is 7.82 Å². The Morgan fingerprint density at radius 2 is 1.57 bits per heavy atom. The molecule has 0 bridgehead atoms. The molecule has 3 N–H and O–H groups in total. The standard InChI is InChI=1S/C31H52N5O5P/c1-2-3-4-5-6-7-8-9-10-11-12-13-14-15-16-17-18-23-39-42(37,38)40-25-31(24-32)22-21-29(41-31)27-19-20-28-30(33)34-26-35-36(27)28/h19-20,26,29H,2-18,21-23,25H2,1H3,(H,37,38)(H2,33,34,35)/t29-,31-/m1/s1. The largest absolute Gasteiger partial charge is 0.472 e. The molecule has 1 aliphatic heterocycles. The van der Waals surface area contributed by atoms with E-state index in [1.165, 1.54) is 96.2 Å². The molecule has 1 unspecified atom stereocenters. The number of aromatic nitrogens is 3. The van der Waals surface area contributed by atoms with Gasteiger partial charge in [-0.2, -0.15) is 10.4 Å². The highest BCUT2D eigenvalue weighted by atomic mass is 31.2. The summed E-state index contributed by atoms with van der Waals surface area (Å²) in [4.78, 5) is 14.1. The molecule has 0 aliphatic carbocycles. The van der Waals surface area contributed by atoms with Crippen molar-refractivity contribution in [1.82, 2.24) is 14.6 Å². The molecular weight excluding hydrogens is 553 g/mol. The second kappa shape index (κ2) is 18.6. The minimum atomic E-state index is -4.29. The van der Waals surface area contributed by atoms with E-state index in [0.717, 1.165) is 18.5 Å². The van der Waals surface area contributed by atoms with Crippen molar-refractivity contribution in [3.63, 3.8) is 0 Å². The molecule has 0 amide bonds. The van der Waals surface area contributed by atoms with Crippen molar-refractivity contribution in [2.75, 3.05) is 18.9 Å². The predicted molar refractivity (Wildman–Crippen MR) is 165 cm³/mol. The summed E-state index contributed by atoms with van der Waals surface area (Å²) in [6, 6.07) is 5.76. The lowest BCUT2D eigenvalue weighted by molar-refractivity contribution is -0.0397. The van der Waals surface area contributed by atoms with Crippen LogP contribution in [0.5, 0.6) is 0 Å². The van der Waals surface area contributed by atoms with Crippen molar-refractivity contribution in [3.05, 3.63) is 24.2 Å². The monoisotopic (exact) mass is 605 g/mol. The van der Waals surface area contributed by atoms with Gasteiger partial charge in [0.2, 0.25) is 0 Å². The molecule has 3 atom stereocenters. The van der Waals surface area contributed by atoms with E-state index in [4.69, 9.17) is 19.5 Å². The van der Waals surface area contributed by atoms with Gasteiger partial charge in [-0.15, -0.1) is 0 Å². The normalized spacial score (nSPS) is 20.2. The Morgan fingerprint density at radius 1 is 1.00 bits per heavy atom. The van der Waals surface area contributed by atoms with Gasteiger partial charge in [0.15, 0.2) is 11.4 Å². The van der Waals surface area contributed by atoms with Crippen molar-refractivity contribution in [2.45, 2.75) is 141 Å². The number of nitriles is 1. The maximum Gasteiger partial charge on any atom is 0.472 e. The first-order chi connectivity index (χ1) is 20.4. The van der Waals surface area contributed by atoms with Gasteiger partial charge in [0.1, 0.15) is 30.6 Å². The molecule has 3 rings (SSSR count). The van der Waals surface area contributed by atoms with E-state index in [1.54, 1.807) is 10.6 Å². The molecule has 2 aromatic heterocycles. The van der Waals surface area contributed by atoms with Gasteiger partial charge in [0.05, 0.1) is 12.3 Å². The lowest BCUT2D eigenvalue weighted by Crippen LogP contribution is -2.32. The van der Waals surface area contributed by atoms with Crippen LogP contribution in [0, 0.1) is 11.3 Å². The van der Waals surface area contributed by atoms with Gasteiger partial charge in [0.25, 0.3) is 0 Å². The molecule has 1 aliphatic rings. The number of ether oxygens (including phenoxy) is 1. The van der Waals surface area contributed by atoms with E-state index in [0.29, 0.717) is 30.6 Å². The summed E-state index contributed by atoms with van der Waals surface area (Å²) in [6.45, 7) is 2.06. The maximum atomic E-state index is 12.4. The fourth-order valence-electron chi connectivity index (χ4n) is 5.63. The van der Waals surface area contributed by atoms with Gasteiger partial charge in [-0.3, -0.25) is 9.05 Å². The Hall–Kier alpha value is -2.02. The molecule has 10 nitrogen and oxygen atoms in total. The summed E-state index contributed by atoms with van der Waals surface area (Å²) in [7, 11) is -4.29. The number of phosphoric ester groups is 1. The van der Waals surface area contributed by atoms with Gasteiger partial charge >= 0.3 is 7.82 Å². The lowest BCUT2D eigenvalue weighted by Gasteiger charge is -2.23. The predicted octanol–water partition coefficient (Wildman–Crippen LogP) is 8.21. The summed E-state index contributed by atoms with van der Waals surface area (Å²) < 4.78 is 30.5. The van der Waals surface area contributed by atoms with E-state index in [-0.39, 0.29) is 13.2 Å². The van der Waals surface area contributed by atoms with Crippen LogP contribution in [0.2, 0.25) is 0 Å². The zero-order valence-corrected chi connectivity index (χ0v) is 26.4. The minimum Gasteiger partial charge on any atom is -0.382 e. The van der Waals surface area contributed by atoms with Crippen LogP contribution in [0.15, 0.2) is 18.5 Å². The molecule has 42 heavy (non-hydrogen) atoms. The second-order valence-electron chi connectivity index (χ2n) is 11.7. The fraction of sp³-hybridized carbons (Fsp3) is 0.774. The molecule has 0 saturated carbocycles. The van der Waals surface area contributed by atoms with Crippen LogP contribution in [0.1, 0.15) is 141 Å². The molecule has 236 valence electrons. The van der Waals surface area contributed by atoms with E-state index >= 15 is 0 Å². The van der Waals surface area contributed by atoms with Crippen molar-refractivity contribution in [2.24, 2.45) is 0 Å². The number of nitrogens with two attached hydrogens (primary N) is 1. The van der Waals surface area contributed by atoms with Crippen LogP contribution in [-0.4, -0.2) is 38.3 Å². The van der Waals surface area contributed by atoms with Crippen molar-refractivity contribution >= 4 is 19.2 Å². The Labute approximate surface area is 251 Å². The SMILES string of the molecule is CCCCCCCCCCCCCCCCCCCOP(=O)(O)OC[C@]1(C#N)CC[C@H](c2ccc3c(N)ncnn23)O1. The van der Waals surface area contributed by atoms with Crippen LogP contribution < -0.4 is 5.73 Å². The van der Waals surface area contributed by atoms with Crippen LogP contribution in [-0.2, 0) is 18.3 Å². The first-order valence-electron chi connectivity index (χ1n) is 16.2. The topological polar surface area (TPSA) is 145 Å². The highest BCUT2D eigenvalue weighted by Gasteiger charge is 2.44. The number of anilines is 1. The number of unbranched alkanes of at least 4 members (excludes halogenated alkanes) is 16. The van der Waals surface area contributed by atoms with E-state index in [9.17, 15) is 14.7 Å². The summed E-state index contributed by atoms with van der Waals surface area (Å²) in [5.74, 6) is 0.349. The molecule has 2 aromatic rings. The second-order valence-corrected chi connectivity index (χ2v) is 13.1. The molecular formula is C31H52N5O5P. The van der Waals surface area contributed by atoms with Crippen LogP contribution in [0.3, 0.4) is 0 Å².